The highest BCUT2D eigenvalue weighted by Crippen LogP contribution is 2.33. The first-order chi connectivity index (χ1) is 26.4. The van der Waals surface area contributed by atoms with Crippen molar-refractivity contribution < 1.29 is 4.42 Å². The van der Waals surface area contributed by atoms with E-state index in [0.717, 1.165) is 38.6 Å². The van der Waals surface area contributed by atoms with Crippen molar-refractivity contribution >= 4 is 200 Å². The van der Waals surface area contributed by atoms with Gasteiger partial charge in [0.15, 0.2) is 17.5 Å². The summed E-state index contributed by atoms with van der Waals surface area (Å²) in [6, 6.07) is 24.7. The van der Waals surface area contributed by atoms with Gasteiger partial charge in [0.1, 0.15) is 97.5 Å². The van der Waals surface area contributed by atoms with E-state index in [9.17, 15) is 0 Å². The molecule has 0 N–H and O–H groups in total. The lowest BCUT2D eigenvalue weighted by molar-refractivity contribution is 0.669. The fourth-order valence-corrected chi connectivity index (χ4v) is 10.4. The summed E-state index contributed by atoms with van der Waals surface area (Å²) in [5, 5.41) is 5.04. The Labute approximate surface area is 335 Å². The molecular formula is C39H34B11N3OS. The second-order valence-corrected chi connectivity index (χ2v) is 16.5. The maximum absolute atomic E-state index is 6.29. The van der Waals surface area contributed by atoms with E-state index in [1.807, 2.05) is 47.7 Å². The number of nitrogens with zero attached hydrogens (tertiary/aromatic N) is 3. The molecule has 0 unspecified atom stereocenters. The van der Waals surface area contributed by atoms with Crippen molar-refractivity contribution in [2.45, 2.75) is 0 Å². The lowest BCUT2D eigenvalue weighted by atomic mass is 9.59. The van der Waals surface area contributed by atoms with Crippen LogP contribution in [0.25, 0.3) is 87.4 Å². The number of fused-ring (bicyclic) bond motifs is 6. The lowest BCUT2D eigenvalue weighted by Crippen LogP contribution is -2.48. The third kappa shape index (κ3) is 5.31. The predicted molar refractivity (Wildman–Crippen MR) is 272 cm³/mol. The molecule has 250 valence electrons. The quantitative estimate of drug-likeness (QED) is 0.171. The predicted octanol–water partition coefficient (Wildman–Crippen LogP) is -8.35. The Balaban J connectivity index is 1.27. The van der Waals surface area contributed by atoms with Gasteiger partial charge in [-0.1, -0.05) is 104 Å². The number of aromatic nitrogens is 3. The summed E-state index contributed by atoms with van der Waals surface area (Å²) in [4.78, 5) is 15.5. The molecule has 6 aromatic carbocycles. The Hall–Kier alpha value is -4.94. The summed E-state index contributed by atoms with van der Waals surface area (Å²) >= 11 is 1.97. The topological polar surface area (TPSA) is 51.8 Å². The molecule has 0 radical (unpaired) electrons. The number of hydrogen-bond acceptors (Lipinski definition) is 5. The molecule has 3 aromatic heterocycles. The SMILES string of the molecule is Bc1c(B)c(-c2c(B)c(B)c3c(sc4c(B)c(B)c(B)c(B)c43)c2B)c(B)c(B)c1-c1nc(-c2ccccc2)nc(-c2ccc3c(c2)oc2ccccc23)n1. The molecule has 4 nitrogen and oxygen atoms in total. The number of rotatable bonds is 4. The Bertz CT molecular complexity index is 3100. The van der Waals surface area contributed by atoms with Gasteiger partial charge in [0, 0.05) is 36.9 Å². The minimum absolute atomic E-state index is 0.623. The largest absolute Gasteiger partial charge is 0.456 e. The Kier molecular flexibility index (Phi) is 8.51. The first-order valence-corrected chi connectivity index (χ1v) is 20.0. The van der Waals surface area contributed by atoms with Crippen LogP contribution >= 0.6 is 11.3 Å². The first kappa shape index (κ1) is 35.7. The molecule has 9 rings (SSSR count). The van der Waals surface area contributed by atoms with Crippen LogP contribution in [0.5, 0.6) is 0 Å². The van der Waals surface area contributed by atoms with Gasteiger partial charge in [-0.05, 0) is 40.1 Å². The first-order valence-electron chi connectivity index (χ1n) is 19.1. The molecule has 3 heterocycles. The standard InChI is InChI=1S/C39H34B11N3OS/c40-24-19(20-26(42)27(43)21-22-28(44)32(48)33(49)34(50)36(22)55-35(21)31(20)47)25(41)30(46)23(29(24)45)39-52-37(13-6-2-1-3-7-13)51-38(53-39)14-10-11-16-15-8-4-5-9-17(15)54-18(16)12-14/h1-12H,40-50H2. The molecule has 0 saturated carbocycles. The van der Waals surface area contributed by atoms with Gasteiger partial charge >= 0.3 is 0 Å². The third-order valence-corrected chi connectivity index (χ3v) is 14.2. The van der Waals surface area contributed by atoms with Crippen molar-refractivity contribution in [2.75, 3.05) is 0 Å². The zero-order chi connectivity index (χ0) is 38.6. The fourth-order valence-electron chi connectivity index (χ4n) is 8.96. The molecule has 0 amide bonds. The number of furan rings is 1. The van der Waals surface area contributed by atoms with E-state index in [2.05, 4.69) is 123 Å². The van der Waals surface area contributed by atoms with Crippen LogP contribution in [0, 0.1) is 0 Å². The molecule has 0 saturated heterocycles. The maximum atomic E-state index is 6.29. The molecule has 0 aliphatic rings. The van der Waals surface area contributed by atoms with Gasteiger partial charge < -0.3 is 4.42 Å². The highest BCUT2D eigenvalue weighted by Gasteiger charge is 2.25. The van der Waals surface area contributed by atoms with E-state index in [1.54, 1.807) is 0 Å². The molecular weight excluding hydrogens is 677 g/mol. The Morgan fingerprint density at radius 2 is 0.873 bits per heavy atom. The second-order valence-electron chi connectivity index (χ2n) is 15.5. The van der Waals surface area contributed by atoms with Crippen LogP contribution in [0.3, 0.4) is 0 Å². The van der Waals surface area contributed by atoms with Gasteiger partial charge in [0.2, 0.25) is 0 Å². The Morgan fingerprint density at radius 1 is 0.382 bits per heavy atom. The van der Waals surface area contributed by atoms with Gasteiger partial charge in [-0.2, -0.15) is 0 Å². The van der Waals surface area contributed by atoms with E-state index in [-0.39, 0.29) is 0 Å². The van der Waals surface area contributed by atoms with Crippen molar-refractivity contribution in [3.05, 3.63) is 72.8 Å². The zero-order valence-corrected chi connectivity index (χ0v) is 34.4. The van der Waals surface area contributed by atoms with Crippen molar-refractivity contribution in [1.29, 1.82) is 0 Å². The molecule has 0 atom stereocenters. The zero-order valence-electron chi connectivity index (χ0n) is 33.6. The minimum atomic E-state index is 0.623. The lowest BCUT2D eigenvalue weighted by Gasteiger charge is -2.25. The monoisotopic (exact) mass is 713 g/mol. The fraction of sp³-hybridized carbons (Fsp3) is 0. The number of hydrogen-bond donors (Lipinski definition) is 0. The molecule has 9 aromatic rings. The van der Waals surface area contributed by atoms with Crippen molar-refractivity contribution in [3.63, 3.8) is 0 Å². The summed E-state index contributed by atoms with van der Waals surface area (Å²) in [6.45, 7) is 0. The van der Waals surface area contributed by atoms with E-state index in [0.29, 0.717) is 17.5 Å². The van der Waals surface area contributed by atoms with Crippen molar-refractivity contribution in [2.24, 2.45) is 0 Å². The Morgan fingerprint density at radius 3 is 1.56 bits per heavy atom. The summed E-state index contributed by atoms with van der Waals surface area (Å²) in [7, 11) is 25.2. The molecule has 16 heteroatoms. The molecule has 0 fully saturated rings. The molecule has 0 bridgehead atoms. The van der Waals surface area contributed by atoms with Gasteiger partial charge in [-0.25, -0.2) is 15.0 Å². The molecule has 55 heavy (non-hydrogen) atoms. The number of benzene rings is 6. The van der Waals surface area contributed by atoms with Crippen LogP contribution in [-0.2, 0) is 0 Å². The maximum Gasteiger partial charge on any atom is 0.164 e. The van der Waals surface area contributed by atoms with Crippen LogP contribution in [-0.4, -0.2) is 101 Å². The normalized spacial score (nSPS) is 11.7. The van der Waals surface area contributed by atoms with Crippen LogP contribution in [0.2, 0.25) is 0 Å². The highest BCUT2D eigenvalue weighted by atomic mass is 32.1. The van der Waals surface area contributed by atoms with E-state index in [1.165, 1.54) is 91.4 Å². The average molecular weight is 712 g/mol. The smallest absolute Gasteiger partial charge is 0.164 e. The highest BCUT2D eigenvalue weighted by molar-refractivity contribution is 7.28. The summed E-state index contributed by atoms with van der Waals surface area (Å²) in [5.74, 6) is 1.96. The number of para-hydroxylation sites is 1. The van der Waals surface area contributed by atoms with Crippen molar-refractivity contribution in [1.82, 2.24) is 15.0 Å². The second kappa shape index (κ2) is 13.1. The van der Waals surface area contributed by atoms with Crippen LogP contribution in [0.1, 0.15) is 0 Å². The summed E-state index contributed by atoms with van der Waals surface area (Å²) in [5.41, 5.74) is 21.9. The van der Waals surface area contributed by atoms with E-state index < -0.39 is 0 Å². The van der Waals surface area contributed by atoms with E-state index in [4.69, 9.17) is 19.4 Å². The van der Waals surface area contributed by atoms with Gasteiger partial charge in [-0.3, -0.25) is 0 Å². The average Bonchev–Trinajstić information content (AvgIpc) is 3.79. The number of thiophene rings is 1. The summed E-state index contributed by atoms with van der Waals surface area (Å²) in [6.07, 6.45) is 0. The van der Waals surface area contributed by atoms with Crippen molar-refractivity contribution in [3.8, 4) is 45.3 Å². The third-order valence-electron chi connectivity index (χ3n) is 12.7. The van der Waals surface area contributed by atoms with E-state index >= 15 is 0 Å². The van der Waals surface area contributed by atoms with Gasteiger partial charge in [0.25, 0.3) is 0 Å². The van der Waals surface area contributed by atoms with Crippen LogP contribution in [0.4, 0.5) is 0 Å². The van der Waals surface area contributed by atoms with Crippen LogP contribution < -0.4 is 60.1 Å². The molecule has 0 aliphatic heterocycles. The molecule has 0 spiro atoms. The van der Waals surface area contributed by atoms with Crippen LogP contribution in [0.15, 0.2) is 77.2 Å². The van der Waals surface area contributed by atoms with Gasteiger partial charge in [0.05, 0.1) is 0 Å². The van der Waals surface area contributed by atoms with Gasteiger partial charge in [-0.15, -0.1) is 22.3 Å². The minimum Gasteiger partial charge on any atom is -0.456 e. The molecule has 0 aliphatic carbocycles. The summed E-state index contributed by atoms with van der Waals surface area (Å²) < 4.78 is 9.12.